The minimum atomic E-state index is -3.44. The highest BCUT2D eigenvalue weighted by atomic mass is 32.2. The van der Waals surface area contributed by atoms with Gasteiger partial charge in [-0.2, -0.15) is 4.31 Å². The van der Waals surface area contributed by atoms with E-state index in [1.54, 1.807) is 28.6 Å². The Bertz CT molecular complexity index is 679. The molecule has 0 aromatic heterocycles. The van der Waals surface area contributed by atoms with Gasteiger partial charge < -0.3 is 5.11 Å². The fourth-order valence-electron chi connectivity index (χ4n) is 2.37. The first-order chi connectivity index (χ1) is 10.1. The van der Waals surface area contributed by atoms with Crippen LogP contribution < -0.4 is 0 Å². The number of nitrogens with zero attached hydrogens (tertiary/aromatic N) is 1. The molecule has 1 N–H and O–H groups in total. The Kier molecular flexibility index (Phi) is 4.03. The van der Waals surface area contributed by atoms with Crippen LogP contribution in [-0.2, 0) is 10.0 Å². The van der Waals surface area contributed by atoms with E-state index in [1.807, 2.05) is 0 Å². The molecule has 2 saturated carbocycles. The Labute approximate surface area is 125 Å². The Morgan fingerprint density at radius 2 is 2.00 bits per heavy atom. The second-order valence-corrected chi connectivity index (χ2v) is 7.63. The van der Waals surface area contributed by atoms with Crippen molar-refractivity contribution in [3.63, 3.8) is 0 Å². The molecule has 5 heteroatoms. The van der Waals surface area contributed by atoms with Crippen molar-refractivity contribution in [3.05, 3.63) is 29.8 Å². The third-order valence-corrected chi connectivity index (χ3v) is 5.76. The van der Waals surface area contributed by atoms with Crippen LogP contribution in [-0.4, -0.2) is 37.0 Å². The number of benzene rings is 1. The second kappa shape index (κ2) is 5.80. The Morgan fingerprint density at radius 1 is 1.24 bits per heavy atom. The minimum absolute atomic E-state index is 0.183. The van der Waals surface area contributed by atoms with Crippen LogP contribution in [0.5, 0.6) is 0 Å². The van der Waals surface area contributed by atoms with E-state index in [-0.39, 0.29) is 12.6 Å². The van der Waals surface area contributed by atoms with Gasteiger partial charge in [0.15, 0.2) is 0 Å². The van der Waals surface area contributed by atoms with E-state index < -0.39 is 10.0 Å². The zero-order chi connectivity index (χ0) is 14.9. The van der Waals surface area contributed by atoms with Crippen molar-refractivity contribution in [2.24, 2.45) is 5.92 Å². The van der Waals surface area contributed by atoms with Crippen molar-refractivity contribution in [1.82, 2.24) is 4.31 Å². The lowest BCUT2D eigenvalue weighted by Gasteiger charge is -2.21. The van der Waals surface area contributed by atoms with Crippen LogP contribution in [0.2, 0.25) is 0 Å². The normalized spacial score (nSPS) is 18.4. The zero-order valence-corrected chi connectivity index (χ0v) is 12.6. The molecule has 112 valence electrons. The van der Waals surface area contributed by atoms with Gasteiger partial charge in [0, 0.05) is 18.2 Å². The van der Waals surface area contributed by atoms with E-state index in [2.05, 4.69) is 11.8 Å². The summed E-state index contributed by atoms with van der Waals surface area (Å²) in [6, 6.07) is 6.87. The lowest BCUT2D eigenvalue weighted by Crippen LogP contribution is -2.34. The molecule has 0 heterocycles. The Balaban J connectivity index is 1.88. The highest BCUT2D eigenvalue weighted by molar-refractivity contribution is 7.89. The van der Waals surface area contributed by atoms with Gasteiger partial charge in [0.05, 0.1) is 4.90 Å². The summed E-state index contributed by atoms with van der Waals surface area (Å²) in [4.78, 5) is 0.305. The Morgan fingerprint density at radius 3 is 2.62 bits per heavy atom. The molecule has 0 unspecified atom stereocenters. The summed E-state index contributed by atoms with van der Waals surface area (Å²) in [5.74, 6) is 5.85. The maximum atomic E-state index is 12.8. The van der Waals surface area contributed by atoms with Gasteiger partial charge in [0.25, 0.3) is 0 Å². The maximum absolute atomic E-state index is 12.8. The lowest BCUT2D eigenvalue weighted by atomic mass is 10.2. The molecular formula is C16H19NO3S. The predicted octanol–water partition coefficient (Wildman–Crippen LogP) is 1.59. The van der Waals surface area contributed by atoms with Gasteiger partial charge in [-0.05, 0) is 49.8 Å². The van der Waals surface area contributed by atoms with Gasteiger partial charge in [-0.1, -0.05) is 17.9 Å². The van der Waals surface area contributed by atoms with Crippen molar-refractivity contribution >= 4 is 10.0 Å². The van der Waals surface area contributed by atoms with E-state index in [0.717, 1.165) is 25.7 Å². The van der Waals surface area contributed by atoms with E-state index in [9.17, 15) is 8.42 Å². The van der Waals surface area contributed by atoms with Gasteiger partial charge in [-0.25, -0.2) is 8.42 Å². The van der Waals surface area contributed by atoms with Crippen molar-refractivity contribution in [2.45, 2.75) is 36.6 Å². The predicted molar refractivity (Wildman–Crippen MR) is 80.0 cm³/mol. The number of hydrogen-bond acceptors (Lipinski definition) is 3. The summed E-state index contributed by atoms with van der Waals surface area (Å²) in [5.41, 5.74) is 0.618. The molecule has 0 saturated heterocycles. The molecular weight excluding hydrogens is 286 g/mol. The number of rotatable bonds is 5. The van der Waals surface area contributed by atoms with Gasteiger partial charge >= 0.3 is 0 Å². The van der Waals surface area contributed by atoms with Crippen LogP contribution in [0.15, 0.2) is 29.2 Å². The number of hydrogen-bond donors (Lipinski definition) is 1. The van der Waals surface area contributed by atoms with Crippen LogP contribution in [0.4, 0.5) is 0 Å². The van der Waals surface area contributed by atoms with Crippen LogP contribution in [0.3, 0.4) is 0 Å². The molecule has 0 amide bonds. The topological polar surface area (TPSA) is 57.6 Å². The first-order valence-electron chi connectivity index (χ1n) is 7.33. The van der Waals surface area contributed by atoms with Gasteiger partial charge in [0.1, 0.15) is 6.61 Å². The smallest absolute Gasteiger partial charge is 0.243 e. The zero-order valence-electron chi connectivity index (χ0n) is 11.8. The molecule has 2 fully saturated rings. The summed E-state index contributed by atoms with van der Waals surface area (Å²) < 4.78 is 27.3. The fourth-order valence-corrected chi connectivity index (χ4v) is 4.18. The van der Waals surface area contributed by atoms with Crippen LogP contribution in [0.1, 0.15) is 31.2 Å². The maximum Gasteiger partial charge on any atom is 0.243 e. The highest BCUT2D eigenvalue weighted by Gasteiger charge is 2.41. The average molecular weight is 305 g/mol. The molecule has 0 spiro atoms. The molecule has 0 bridgehead atoms. The SMILES string of the molecule is O=S(=O)(c1cccc(C#CCO)c1)N(CC1CC1)C1CC1. The summed E-state index contributed by atoms with van der Waals surface area (Å²) in [6.07, 6.45) is 4.22. The summed E-state index contributed by atoms with van der Waals surface area (Å²) in [5, 5.41) is 8.73. The van der Waals surface area contributed by atoms with Crippen LogP contribution >= 0.6 is 0 Å². The molecule has 1 aromatic carbocycles. The van der Waals surface area contributed by atoms with Crippen LogP contribution in [0.25, 0.3) is 0 Å². The third-order valence-electron chi connectivity index (χ3n) is 3.84. The molecule has 21 heavy (non-hydrogen) atoms. The van der Waals surface area contributed by atoms with E-state index in [1.165, 1.54) is 0 Å². The fraction of sp³-hybridized carbons (Fsp3) is 0.500. The molecule has 4 nitrogen and oxygen atoms in total. The van der Waals surface area contributed by atoms with Crippen molar-refractivity contribution < 1.29 is 13.5 Å². The summed E-state index contributed by atoms with van der Waals surface area (Å²) >= 11 is 0. The summed E-state index contributed by atoms with van der Waals surface area (Å²) in [6.45, 7) is 0.423. The molecule has 0 radical (unpaired) electrons. The molecule has 3 rings (SSSR count). The first-order valence-corrected chi connectivity index (χ1v) is 8.77. The lowest BCUT2D eigenvalue weighted by molar-refractivity contribution is 0.350. The average Bonchev–Trinajstić information content (AvgIpc) is 3.36. The summed E-state index contributed by atoms with van der Waals surface area (Å²) in [7, 11) is -3.44. The number of sulfonamides is 1. The minimum Gasteiger partial charge on any atom is -0.384 e. The largest absolute Gasteiger partial charge is 0.384 e. The number of aliphatic hydroxyl groups is 1. The molecule has 2 aliphatic carbocycles. The highest BCUT2D eigenvalue weighted by Crippen LogP contribution is 2.38. The van der Waals surface area contributed by atoms with Gasteiger partial charge in [0.2, 0.25) is 10.0 Å². The van der Waals surface area contributed by atoms with Crippen molar-refractivity contribution in [1.29, 1.82) is 0 Å². The van der Waals surface area contributed by atoms with E-state index in [4.69, 9.17) is 5.11 Å². The molecule has 2 aliphatic rings. The molecule has 1 aromatic rings. The quantitative estimate of drug-likeness (QED) is 0.841. The van der Waals surface area contributed by atoms with E-state index in [0.29, 0.717) is 22.9 Å². The van der Waals surface area contributed by atoms with Crippen molar-refractivity contribution in [2.75, 3.05) is 13.2 Å². The molecule has 0 atom stereocenters. The van der Waals surface area contributed by atoms with Gasteiger partial charge in [-0.15, -0.1) is 0 Å². The second-order valence-electron chi connectivity index (χ2n) is 5.74. The standard InChI is InChI=1S/C16H19NO3S/c18-10-2-4-13-3-1-5-16(11-13)21(19,20)17(15-8-9-15)12-14-6-7-14/h1,3,5,11,14-15,18H,6-10,12H2. The third kappa shape index (κ3) is 3.46. The first kappa shape index (κ1) is 14.6. The Hall–Kier alpha value is -1.35. The number of aliphatic hydroxyl groups excluding tert-OH is 1. The van der Waals surface area contributed by atoms with Gasteiger partial charge in [-0.3, -0.25) is 0 Å². The van der Waals surface area contributed by atoms with Crippen LogP contribution in [0, 0.1) is 17.8 Å². The van der Waals surface area contributed by atoms with Crippen molar-refractivity contribution in [3.8, 4) is 11.8 Å². The molecule has 0 aliphatic heterocycles. The van der Waals surface area contributed by atoms with E-state index >= 15 is 0 Å². The monoisotopic (exact) mass is 305 g/mol.